The Labute approximate surface area is 145 Å². The maximum Gasteiger partial charge on any atom is 0.120 e. The van der Waals surface area contributed by atoms with Gasteiger partial charge in [-0.05, 0) is 43.2 Å². The molecule has 1 atom stereocenters. The summed E-state index contributed by atoms with van der Waals surface area (Å²) in [5.74, 6) is 0.881. The predicted octanol–water partition coefficient (Wildman–Crippen LogP) is 6.40. The summed E-state index contributed by atoms with van der Waals surface area (Å²) in [4.78, 5) is 0.127. The summed E-state index contributed by atoms with van der Waals surface area (Å²) >= 11 is 11.0. The highest BCUT2D eigenvalue weighted by molar-refractivity contribution is 9.11. The molecule has 1 unspecified atom stereocenters. The molecule has 1 nitrogen and oxygen atoms in total. The molecule has 2 aromatic rings. The molecule has 0 aromatic heterocycles. The third-order valence-electron chi connectivity index (χ3n) is 2.98. The van der Waals surface area contributed by atoms with Gasteiger partial charge in [-0.25, -0.2) is 0 Å². The van der Waals surface area contributed by atoms with Gasteiger partial charge in [0.1, 0.15) is 5.75 Å². The summed E-state index contributed by atoms with van der Waals surface area (Å²) in [7, 11) is 0. The third-order valence-corrected chi connectivity index (χ3v) is 5.38. The number of benzene rings is 2. The van der Waals surface area contributed by atoms with Crippen LogP contribution in [0.5, 0.6) is 5.75 Å². The van der Waals surface area contributed by atoms with Crippen molar-refractivity contribution in [2.24, 2.45) is 0 Å². The van der Waals surface area contributed by atoms with Crippen LogP contribution in [0.25, 0.3) is 0 Å². The van der Waals surface area contributed by atoms with Gasteiger partial charge < -0.3 is 4.74 Å². The van der Waals surface area contributed by atoms with Crippen molar-refractivity contribution in [2.75, 3.05) is 6.61 Å². The maximum atomic E-state index is 5.52. The molecule has 4 heteroatoms. The molecule has 0 heterocycles. The van der Waals surface area contributed by atoms with Crippen molar-refractivity contribution >= 4 is 47.8 Å². The zero-order chi connectivity index (χ0) is 14.7. The number of ether oxygens (including phenoxy) is 1. The van der Waals surface area contributed by atoms with Crippen LogP contribution in [0.15, 0.2) is 45.3 Å². The maximum absolute atomic E-state index is 5.52. The highest BCUT2D eigenvalue weighted by atomic mass is 79.9. The van der Waals surface area contributed by atoms with Gasteiger partial charge in [-0.2, -0.15) is 0 Å². The minimum atomic E-state index is 0.127. The minimum absolute atomic E-state index is 0.127. The van der Waals surface area contributed by atoms with Gasteiger partial charge in [0.15, 0.2) is 0 Å². The predicted molar refractivity (Wildman–Crippen MR) is 95.0 cm³/mol. The van der Waals surface area contributed by atoms with Crippen LogP contribution in [0.4, 0.5) is 0 Å². The lowest BCUT2D eigenvalue weighted by atomic mass is 10.0. The first-order valence-corrected chi connectivity index (χ1v) is 8.85. The lowest BCUT2D eigenvalue weighted by Gasteiger charge is -2.16. The Morgan fingerprint density at radius 3 is 2.40 bits per heavy atom. The number of alkyl halides is 1. The van der Waals surface area contributed by atoms with Crippen molar-refractivity contribution in [1.29, 1.82) is 0 Å². The van der Waals surface area contributed by atoms with Gasteiger partial charge in [0, 0.05) is 8.95 Å². The largest absolute Gasteiger partial charge is 0.494 e. The molecule has 0 amide bonds. The molecule has 2 aromatic carbocycles. The number of halogens is 3. The van der Waals surface area contributed by atoms with E-state index in [0.29, 0.717) is 6.61 Å². The van der Waals surface area contributed by atoms with Gasteiger partial charge in [0.25, 0.3) is 0 Å². The molecule has 0 aliphatic rings. The first kappa shape index (κ1) is 16.1. The number of rotatable bonds is 4. The van der Waals surface area contributed by atoms with Gasteiger partial charge in [-0.3, -0.25) is 0 Å². The normalized spacial score (nSPS) is 12.2. The van der Waals surface area contributed by atoms with E-state index in [2.05, 4.69) is 79.0 Å². The second-order valence-electron chi connectivity index (χ2n) is 4.50. The minimum Gasteiger partial charge on any atom is -0.494 e. The van der Waals surface area contributed by atoms with E-state index in [0.717, 1.165) is 14.7 Å². The fraction of sp³-hybridized carbons (Fsp3) is 0.250. The molecule has 0 N–H and O–H groups in total. The van der Waals surface area contributed by atoms with Gasteiger partial charge in [0.2, 0.25) is 0 Å². The number of hydrogen-bond acceptors (Lipinski definition) is 1. The smallest absolute Gasteiger partial charge is 0.120 e. The van der Waals surface area contributed by atoms with E-state index in [-0.39, 0.29) is 4.83 Å². The van der Waals surface area contributed by atoms with Crippen LogP contribution in [0, 0.1) is 6.92 Å². The monoisotopic (exact) mass is 460 g/mol. The van der Waals surface area contributed by atoms with Crippen LogP contribution < -0.4 is 4.74 Å². The average Bonchev–Trinajstić information content (AvgIpc) is 2.41. The van der Waals surface area contributed by atoms with Crippen LogP contribution in [0.1, 0.15) is 28.4 Å². The molecule has 0 spiro atoms. The highest BCUT2D eigenvalue weighted by Gasteiger charge is 2.17. The van der Waals surface area contributed by atoms with Gasteiger partial charge in [0.05, 0.1) is 11.4 Å². The molecular formula is C16H15Br3O. The SMILES string of the molecule is CCOc1ccc(C(Br)c2cc(C)ccc2Br)c(Br)c1. The first-order valence-electron chi connectivity index (χ1n) is 6.35. The van der Waals surface area contributed by atoms with E-state index in [1.807, 2.05) is 19.1 Å². The van der Waals surface area contributed by atoms with E-state index < -0.39 is 0 Å². The Hall–Kier alpha value is -0.320. The van der Waals surface area contributed by atoms with Crippen molar-refractivity contribution in [3.8, 4) is 5.75 Å². The first-order chi connectivity index (χ1) is 9.52. The molecule has 0 radical (unpaired) electrons. The molecule has 106 valence electrons. The topological polar surface area (TPSA) is 9.23 Å². The zero-order valence-electron chi connectivity index (χ0n) is 11.3. The summed E-state index contributed by atoms with van der Waals surface area (Å²) in [6.07, 6.45) is 0. The van der Waals surface area contributed by atoms with E-state index in [9.17, 15) is 0 Å². The molecule has 0 fully saturated rings. The van der Waals surface area contributed by atoms with Crippen LogP contribution in [-0.2, 0) is 0 Å². The van der Waals surface area contributed by atoms with Crippen molar-refractivity contribution < 1.29 is 4.74 Å². The summed E-state index contributed by atoms with van der Waals surface area (Å²) < 4.78 is 7.66. The molecule has 0 bridgehead atoms. The summed E-state index contributed by atoms with van der Waals surface area (Å²) in [6.45, 7) is 4.76. The highest BCUT2D eigenvalue weighted by Crippen LogP contribution is 2.40. The average molecular weight is 463 g/mol. The second-order valence-corrected chi connectivity index (χ2v) is 7.13. The van der Waals surface area contributed by atoms with Crippen molar-refractivity contribution in [2.45, 2.75) is 18.7 Å². The van der Waals surface area contributed by atoms with E-state index in [1.54, 1.807) is 0 Å². The molecule has 0 aliphatic heterocycles. The van der Waals surface area contributed by atoms with E-state index in [1.165, 1.54) is 16.7 Å². The Morgan fingerprint density at radius 2 is 1.75 bits per heavy atom. The van der Waals surface area contributed by atoms with Gasteiger partial charge in [-0.15, -0.1) is 0 Å². The van der Waals surface area contributed by atoms with Crippen LogP contribution in [0.2, 0.25) is 0 Å². The Balaban J connectivity index is 2.38. The van der Waals surface area contributed by atoms with E-state index in [4.69, 9.17) is 4.74 Å². The summed E-state index contributed by atoms with van der Waals surface area (Å²) in [6, 6.07) is 12.5. The van der Waals surface area contributed by atoms with Crippen LogP contribution >= 0.6 is 47.8 Å². The van der Waals surface area contributed by atoms with Gasteiger partial charge >= 0.3 is 0 Å². The second kappa shape index (κ2) is 7.10. The Kier molecular flexibility index (Phi) is 5.70. The lowest BCUT2D eigenvalue weighted by molar-refractivity contribution is 0.340. The summed E-state index contributed by atoms with van der Waals surface area (Å²) in [5.41, 5.74) is 3.64. The fourth-order valence-corrected chi connectivity index (χ4v) is 4.45. The Bertz CT molecular complexity index is 611. The fourth-order valence-electron chi connectivity index (χ4n) is 1.99. The number of aryl methyl sites for hydroxylation is 1. The van der Waals surface area contributed by atoms with Gasteiger partial charge in [-0.1, -0.05) is 71.6 Å². The van der Waals surface area contributed by atoms with E-state index >= 15 is 0 Å². The van der Waals surface area contributed by atoms with Crippen molar-refractivity contribution in [1.82, 2.24) is 0 Å². The Morgan fingerprint density at radius 1 is 1.00 bits per heavy atom. The molecule has 0 saturated heterocycles. The molecular weight excluding hydrogens is 448 g/mol. The van der Waals surface area contributed by atoms with Crippen LogP contribution in [0.3, 0.4) is 0 Å². The molecule has 20 heavy (non-hydrogen) atoms. The van der Waals surface area contributed by atoms with Crippen molar-refractivity contribution in [3.63, 3.8) is 0 Å². The third kappa shape index (κ3) is 3.66. The molecule has 2 rings (SSSR count). The van der Waals surface area contributed by atoms with Crippen molar-refractivity contribution in [3.05, 3.63) is 62.0 Å². The standard InChI is InChI=1S/C16H15Br3O/c1-3-20-11-5-6-12(15(18)9-11)16(19)13-8-10(2)4-7-14(13)17/h4-9,16H,3H2,1-2H3. The number of hydrogen-bond donors (Lipinski definition) is 0. The lowest BCUT2D eigenvalue weighted by Crippen LogP contribution is -1.98. The van der Waals surface area contributed by atoms with Crippen LogP contribution in [-0.4, -0.2) is 6.61 Å². The zero-order valence-corrected chi connectivity index (χ0v) is 16.0. The molecule has 0 saturated carbocycles. The quantitative estimate of drug-likeness (QED) is 0.477. The summed E-state index contributed by atoms with van der Waals surface area (Å²) in [5, 5.41) is 0. The molecule has 0 aliphatic carbocycles.